The van der Waals surface area contributed by atoms with Crippen molar-refractivity contribution < 1.29 is 4.79 Å². The van der Waals surface area contributed by atoms with Crippen LogP contribution >= 0.6 is 0 Å². The van der Waals surface area contributed by atoms with Gasteiger partial charge in [0.15, 0.2) is 0 Å². The zero-order chi connectivity index (χ0) is 21.3. The first-order valence-corrected chi connectivity index (χ1v) is 11.2. The molecular weight excluding hydrogens is 380 g/mol. The number of hydrogen-bond donors (Lipinski definition) is 1. The maximum Gasteiger partial charge on any atom is 0.274 e. The average molecular weight is 413 g/mol. The summed E-state index contributed by atoms with van der Waals surface area (Å²) in [6.07, 6.45) is 6.37. The highest BCUT2D eigenvalue weighted by Crippen LogP contribution is 2.30. The van der Waals surface area contributed by atoms with E-state index in [4.69, 9.17) is 4.98 Å². The summed E-state index contributed by atoms with van der Waals surface area (Å²) in [5.41, 5.74) is 2.05. The van der Waals surface area contributed by atoms with Gasteiger partial charge in [0.05, 0.1) is 17.3 Å². The Bertz CT molecular complexity index is 963. The SMILES string of the molecule is CCCn1ccc(C(=O)N2CCCC[C@H]2c2nc3c(c(=O)[nH]2)CN(C(C)C)CC3)n1. The van der Waals surface area contributed by atoms with Crippen molar-refractivity contribution in [3.8, 4) is 0 Å². The minimum atomic E-state index is -0.205. The maximum atomic E-state index is 13.2. The van der Waals surface area contributed by atoms with Crippen LogP contribution in [0.4, 0.5) is 0 Å². The molecule has 1 fully saturated rings. The second-order valence-electron chi connectivity index (χ2n) is 8.66. The summed E-state index contributed by atoms with van der Waals surface area (Å²) >= 11 is 0. The van der Waals surface area contributed by atoms with Crippen molar-refractivity contribution in [2.24, 2.45) is 0 Å². The number of aromatic nitrogens is 4. The number of aryl methyl sites for hydroxylation is 1. The summed E-state index contributed by atoms with van der Waals surface area (Å²) in [5, 5.41) is 4.44. The van der Waals surface area contributed by atoms with Crippen molar-refractivity contribution in [2.75, 3.05) is 13.1 Å². The number of amides is 1. The van der Waals surface area contributed by atoms with Crippen molar-refractivity contribution in [2.45, 2.75) is 78.0 Å². The van der Waals surface area contributed by atoms with Crippen LogP contribution in [0.2, 0.25) is 0 Å². The van der Waals surface area contributed by atoms with Crippen LogP contribution in [-0.2, 0) is 19.5 Å². The minimum absolute atomic E-state index is 0.0643. The number of H-pyrrole nitrogens is 1. The molecule has 0 saturated carbocycles. The summed E-state index contributed by atoms with van der Waals surface area (Å²) in [6.45, 7) is 9.38. The first-order valence-electron chi connectivity index (χ1n) is 11.2. The lowest BCUT2D eigenvalue weighted by Crippen LogP contribution is -2.42. The zero-order valence-corrected chi connectivity index (χ0v) is 18.2. The van der Waals surface area contributed by atoms with Gasteiger partial charge < -0.3 is 9.88 Å². The molecule has 2 aliphatic heterocycles. The molecule has 30 heavy (non-hydrogen) atoms. The topological polar surface area (TPSA) is 87.1 Å². The van der Waals surface area contributed by atoms with Gasteiger partial charge in [0.25, 0.3) is 11.5 Å². The number of nitrogens with one attached hydrogen (secondary N) is 1. The van der Waals surface area contributed by atoms with Crippen molar-refractivity contribution in [1.29, 1.82) is 0 Å². The second-order valence-corrected chi connectivity index (χ2v) is 8.66. The van der Waals surface area contributed by atoms with Crippen molar-refractivity contribution in [3.63, 3.8) is 0 Å². The molecule has 1 saturated heterocycles. The number of nitrogens with zero attached hydrogens (tertiary/aromatic N) is 5. The molecule has 4 rings (SSSR count). The molecular formula is C22H32N6O2. The monoisotopic (exact) mass is 412 g/mol. The lowest BCUT2D eigenvalue weighted by Gasteiger charge is -2.35. The van der Waals surface area contributed by atoms with Gasteiger partial charge in [-0.15, -0.1) is 0 Å². The number of carbonyl (C=O) groups excluding carboxylic acids is 1. The summed E-state index contributed by atoms with van der Waals surface area (Å²) in [6, 6.07) is 1.98. The van der Waals surface area contributed by atoms with E-state index < -0.39 is 0 Å². The molecule has 0 spiro atoms. The first-order chi connectivity index (χ1) is 14.5. The van der Waals surface area contributed by atoms with Crippen molar-refractivity contribution in [1.82, 2.24) is 29.5 Å². The minimum Gasteiger partial charge on any atom is -0.327 e. The quantitative estimate of drug-likeness (QED) is 0.815. The molecule has 1 amide bonds. The molecule has 0 unspecified atom stereocenters. The molecule has 162 valence electrons. The molecule has 1 atom stereocenters. The predicted molar refractivity (Wildman–Crippen MR) is 114 cm³/mol. The van der Waals surface area contributed by atoms with Gasteiger partial charge in [0.1, 0.15) is 11.5 Å². The second kappa shape index (κ2) is 8.71. The Morgan fingerprint density at radius 2 is 2.13 bits per heavy atom. The van der Waals surface area contributed by atoms with Gasteiger partial charge >= 0.3 is 0 Å². The molecule has 8 heteroatoms. The number of aromatic amines is 1. The number of piperidine rings is 1. The Balaban J connectivity index is 1.61. The molecule has 8 nitrogen and oxygen atoms in total. The van der Waals surface area contributed by atoms with E-state index in [1.54, 1.807) is 6.07 Å². The van der Waals surface area contributed by atoms with E-state index in [0.29, 0.717) is 30.6 Å². The van der Waals surface area contributed by atoms with Crippen LogP contribution in [0.25, 0.3) is 0 Å². The Hall–Kier alpha value is -2.48. The van der Waals surface area contributed by atoms with Crippen LogP contribution in [0.1, 0.15) is 80.1 Å². The maximum absolute atomic E-state index is 13.2. The molecule has 2 aromatic rings. The number of likely N-dealkylation sites (tertiary alicyclic amines) is 1. The van der Waals surface area contributed by atoms with Gasteiger partial charge in [-0.2, -0.15) is 5.10 Å². The van der Waals surface area contributed by atoms with Crippen molar-refractivity contribution in [3.05, 3.63) is 45.4 Å². The molecule has 0 aliphatic carbocycles. The van der Waals surface area contributed by atoms with Crippen LogP contribution < -0.4 is 5.56 Å². The lowest BCUT2D eigenvalue weighted by molar-refractivity contribution is 0.0591. The third kappa shape index (κ3) is 4.05. The van der Waals surface area contributed by atoms with Crippen LogP contribution in [0.3, 0.4) is 0 Å². The van der Waals surface area contributed by atoms with E-state index in [1.807, 2.05) is 15.8 Å². The van der Waals surface area contributed by atoms with E-state index in [9.17, 15) is 9.59 Å². The molecule has 0 aromatic carbocycles. The van der Waals surface area contributed by atoms with Crippen molar-refractivity contribution >= 4 is 5.91 Å². The fraction of sp³-hybridized carbons (Fsp3) is 0.636. The number of fused-ring (bicyclic) bond motifs is 1. The highest BCUT2D eigenvalue weighted by molar-refractivity contribution is 5.92. The lowest BCUT2D eigenvalue weighted by atomic mass is 9.99. The predicted octanol–water partition coefficient (Wildman–Crippen LogP) is 2.51. The Kier molecular flexibility index (Phi) is 6.04. The van der Waals surface area contributed by atoms with Gasteiger partial charge in [-0.3, -0.25) is 19.2 Å². The standard InChI is InChI=1S/C22H32N6O2/c1-4-10-27-13-9-18(25-27)22(30)28-11-6-5-7-19(28)20-23-17-8-12-26(15(2)3)14-16(17)21(29)24-20/h9,13,15,19H,4-8,10-12,14H2,1-3H3,(H,23,24,29)/t19-/m0/s1. The molecule has 1 N–H and O–H groups in total. The van der Waals surface area contributed by atoms with Crippen LogP contribution in [-0.4, -0.2) is 54.6 Å². The van der Waals surface area contributed by atoms with E-state index in [1.165, 1.54) is 0 Å². The van der Waals surface area contributed by atoms with E-state index in [2.05, 4.69) is 35.8 Å². The van der Waals surface area contributed by atoms with Crippen LogP contribution in [0.15, 0.2) is 17.1 Å². The van der Waals surface area contributed by atoms with Crippen LogP contribution in [0.5, 0.6) is 0 Å². The van der Waals surface area contributed by atoms with Gasteiger partial charge in [0.2, 0.25) is 0 Å². The highest BCUT2D eigenvalue weighted by atomic mass is 16.2. The summed E-state index contributed by atoms with van der Waals surface area (Å²) in [7, 11) is 0. The van der Waals surface area contributed by atoms with E-state index in [0.717, 1.165) is 56.5 Å². The largest absolute Gasteiger partial charge is 0.327 e. The van der Waals surface area contributed by atoms with Gasteiger partial charge in [-0.1, -0.05) is 6.92 Å². The Labute approximate surface area is 177 Å². The smallest absolute Gasteiger partial charge is 0.274 e. The highest BCUT2D eigenvalue weighted by Gasteiger charge is 2.33. The van der Waals surface area contributed by atoms with Crippen LogP contribution in [0, 0.1) is 0 Å². The summed E-state index contributed by atoms with van der Waals surface area (Å²) in [5.74, 6) is 0.540. The fourth-order valence-corrected chi connectivity index (χ4v) is 4.50. The Morgan fingerprint density at radius 3 is 2.90 bits per heavy atom. The molecule has 2 aromatic heterocycles. The first kappa shape index (κ1) is 20.8. The molecule has 2 aliphatic rings. The third-order valence-corrected chi connectivity index (χ3v) is 6.24. The average Bonchev–Trinajstić information content (AvgIpc) is 3.22. The van der Waals surface area contributed by atoms with Gasteiger partial charge in [0, 0.05) is 44.8 Å². The number of carbonyl (C=O) groups is 1. The normalized spacial score (nSPS) is 19.9. The fourth-order valence-electron chi connectivity index (χ4n) is 4.50. The number of hydrogen-bond acceptors (Lipinski definition) is 5. The van der Waals surface area contributed by atoms with E-state index >= 15 is 0 Å². The van der Waals surface area contributed by atoms with Gasteiger partial charge in [-0.05, 0) is 45.6 Å². The summed E-state index contributed by atoms with van der Waals surface area (Å²) in [4.78, 5) is 38.1. The number of rotatable bonds is 5. The van der Waals surface area contributed by atoms with Gasteiger partial charge in [-0.25, -0.2) is 4.98 Å². The summed E-state index contributed by atoms with van der Waals surface area (Å²) < 4.78 is 1.81. The zero-order valence-electron chi connectivity index (χ0n) is 18.2. The van der Waals surface area contributed by atoms with E-state index in [-0.39, 0.29) is 17.5 Å². The third-order valence-electron chi connectivity index (χ3n) is 6.24. The Morgan fingerprint density at radius 1 is 1.30 bits per heavy atom. The molecule has 4 heterocycles. The molecule has 0 radical (unpaired) electrons. The molecule has 0 bridgehead atoms.